The van der Waals surface area contributed by atoms with Gasteiger partial charge in [0.05, 0.1) is 33.6 Å². The van der Waals surface area contributed by atoms with Crippen molar-refractivity contribution in [3.05, 3.63) is 70.9 Å². The number of carbonyl (C=O) groups excluding carboxylic acids is 1. The van der Waals surface area contributed by atoms with Crippen LogP contribution in [0.1, 0.15) is 67.1 Å². The van der Waals surface area contributed by atoms with Gasteiger partial charge in [0.1, 0.15) is 5.78 Å². The van der Waals surface area contributed by atoms with Crippen molar-refractivity contribution in [2.45, 2.75) is 56.8 Å². The monoisotopic (exact) mass is 609 g/mol. The predicted molar refractivity (Wildman–Crippen MR) is 159 cm³/mol. The van der Waals surface area contributed by atoms with E-state index in [0.717, 1.165) is 48.3 Å². The van der Waals surface area contributed by atoms with Crippen molar-refractivity contribution in [3.63, 3.8) is 0 Å². The zero-order valence-electron chi connectivity index (χ0n) is 23.3. The van der Waals surface area contributed by atoms with Gasteiger partial charge in [-0.15, -0.1) is 11.3 Å². The number of thiazole rings is 1. The molecule has 10 heteroatoms. The number of carbonyl (C=O) groups is 1. The topological polar surface area (TPSA) is 91.1 Å². The third-order valence-corrected chi connectivity index (χ3v) is 11.8. The van der Waals surface area contributed by atoms with Crippen LogP contribution < -0.4 is 4.90 Å². The molecule has 0 bridgehead atoms. The van der Waals surface area contributed by atoms with Gasteiger partial charge in [-0.2, -0.15) is 14.0 Å². The van der Waals surface area contributed by atoms with Crippen LogP contribution in [0.3, 0.4) is 0 Å². The van der Waals surface area contributed by atoms with Crippen LogP contribution in [-0.2, 0) is 20.6 Å². The van der Waals surface area contributed by atoms with E-state index in [9.17, 15) is 18.5 Å². The van der Waals surface area contributed by atoms with E-state index in [0.29, 0.717) is 36.5 Å². The molecule has 2 saturated carbocycles. The number of nitrogens with zero attached hydrogens (tertiary/aromatic N) is 3. The first kappa shape index (κ1) is 28.9. The zero-order chi connectivity index (χ0) is 29.5. The van der Waals surface area contributed by atoms with Gasteiger partial charge < -0.3 is 4.90 Å². The summed E-state index contributed by atoms with van der Waals surface area (Å²) in [4.78, 5) is 20.8. The lowest BCUT2D eigenvalue weighted by Crippen LogP contribution is -2.40. The number of ketones is 1. The maximum absolute atomic E-state index is 15.9. The summed E-state index contributed by atoms with van der Waals surface area (Å²) < 4.78 is 55.5. The molecule has 2 atom stereocenters. The molecule has 0 spiro atoms. The van der Waals surface area contributed by atoms with E-state index in [1.54, 1.807) is 18.2 Å². The van der Waals surface area contributed by atoms with E-state index in [1.807, 2.05) is 29.2 Å². The number of sulfone groups is 1. The number of alkyl halides is 2. The molecule has 220 valence electrons. The normalized spacial score (nSPS) is 23.2. The van der Waals surface area contributed by atoms with Crippen LogP contribution in [0, 0.1) is 22.7 Å². The maximum atomic E-state index is 15.9. The number of aromatic nitrogens is 1. The third kappa shape index (κ3) is 5.73. The molecule has 6 rings (SSSR count). The Morgan fingerprint density at radius 1 is 1.05 bits per heavy atom. The number of hydrogen-bond donors (Lipinski definition) is 0. The molecule has 42 heavy (non-hydrogen) atoms. The number of anilines is 1. The van der Waals surface area contributed by atoms with Crippen LogP contribution in [-0.4, -0.2) is 43.8 Å². The second-order valence-corrected chi connectivity index (χ2v) is 15.2. The third-order valence-electron chi connectivity index (χ3n) is 9.03. The largest absolute Gasteiger partial charge is 0.369 e. The standard InChI is InChI=1S/C32H33F2N3O3S2/c33-32(34,23-6-2-1-3-7-23)30-36-28(26-9-5-4-8-25(26)27(38)20-31(21-35)14-15-31)29(41-30)22-10-12-24(13-11-22)37-16-18-42(39,40)19-17-37/h1-3,6-7,10-13,25-26H,4-5,8-9,14-20H2/t25-,26-/m1/s1. The minimum Gasteiger partial charge on any atom is -0.369 e. The number of rotatable bonds is 8. The van der Waals surface area contributed by atoms with Gasteiger partial charge in [0, 0.05) is 42.6 Å². The summed E-state index contributed by atoms with van der Waals surface area (Å²) in [6.07, 6.45) is 4.81. The molecule has 1 saturated heterocycles. The molecule has 2 aliphatic carbocycles. The van der Waals surface area contributed by atoms with Gasteiger partial charge in [0.2, 0.25) is 0 Å². The summed E-state index contributed by atoms with van der Waals surface area (Å²) in [5, 5.41) is 9.30. The minimum atomic E-state index is -3.30. The highest BCUT2D eigenvalue weighted by molar-refractivity contribution is 7.91. The van der Waals surface area contributed by atoms with Crippen molar-refractivity contribution >= 4 is 32.6 Å². The number of hydrogen-bond acceptors (Lipinski definition) is 7. The highest BCUT2D eigenvalue weighted by Crippen LogP contribution is 2.52. The molecule has 3 fully saturated rings. The first-order valence-corrected chi connectivity index (χ1v) is 17.2. The first-order chi connectivity index (χ1) is 20.1. The Hall–Kier alpha value is -3.16. The highest BCUT2D eigenvalue weighted by Gasteiger charge is 2.48. The molecule has 0 unspecified atom stereocenters. The van der Waals surface area contributed by atoms with E-state index in [-0.39, 0.29) is 46.1 Å². The van der Waals surface area contributed by atoms with E-state index in [2.05, 4.69) is 11.1 Å². The van der Waals surface area contributed by atoms with Gasteiger partial charge in [0.25, 0.3) is 0 Å². The fourth-order valence-electron chi connectivity index (χ4n) is 6.28. The van der Waals surface area contributed by atoms with Gasteiger partial charge in [-0.3, -0.25) is 4.79 Å². The van der Waals surface area contributed by atoms with E-state index in [1.165, 1.54) is 12.1 Å². The lowest BCUT2D eigenvalue weighted by molar-refractivity contribution is -0.125. The van der Waals surface area contributed by atoms with Crippen LogP contribution >= 0.6 is 11.3 Å². The summed E-state index contributed by atoms with van der Waals surface area (Å²) in [5.74, 6) is -3.68. The SMILES string of the molecule is N#CC1(CC(=O)[C@@H]2CCCC[C@H]2c2nc(C(F)(F)c3ccccc3)sc2-c2ccc(N3CCS(=O)(=O)CC3)cc2)CC1. The summed E-state index contributed by atoms with van der Waals surface area (Å²) in [6.45, 7) is 0.827. The summed E-state index contributed by atoms with van der Waals surface area (Å²) in [5.41, 5.74) is 1.49. The van der Waals surface area contributed by atoms with E-state index < -0.39 is 21.2 Å². The predicted octanol–water partition coefficient (Wildman–Crippen LogP) is 6.72. The second kappa shape index (κ2) is 11.2. The van der Waals surface area contributed by atoms with Crippen LogP contribution in [0.25, 0.3) is 10.4 Å². The molecule has 0 N–H and O–H groups in total. The fourth-order valence-corrected chi connectivity index (χ4v) is 8.62. The van der Waals surface area contributed by atoms with Gasteiger partial charge in [-0.25, -0.2) is 13.4 Å². The van der Waals surface area contributed by atoms with Crippen molar-refractivity contribution in [1.82, 2.24) is 4.98 Å². The van der Waals surface area contributed by atoms with Gasteiger partial charge in [-0.1, -0.05) is 55.3 Å². The number of benzene rings is 2. The second-order valence-electron chi connectivity index (χ2n) is 11.9. The van der Waals surface area contributed by atoms with Crippen molar-refractivity contribution in [2.75, 3.05) is 29.5 Å². The van der Waals surface area contributed by atoms with Crippen LogP contribution in [0.15, 0.2) is 54.6 Å². The van der Waals surface area contributed by atoms with Crippen molar-refractivity contribution in [2.24, 2.45) is 11.3 Å². The van der Waals surface area contributed by atoms with Crippen molar-refractivity contribution < 1.29 is 22.0 Å². The smallest absolute Gasteiger partial charge is 0.324 e. The Labute approximate surface area is 249 Å². The van der Waals surface area contributed by atoms with Crippen molar-refractivity contribution in [3.8, 4) is 16.5 Å². The van der Waals surface area contributed by atoms with Gasteiger partial charge in [0.15, 0.2) is 14.8 Å². The van der Waals surface area contributed by atoms with Gasteiger partial charge in [-0.05, 0) is 43.4 Å². The van der Waals surface area contributed by atoms with E-state index >= 15 is 8.78 Å². The molecule has 1 aromatic heterocycles. The lowest BCUT2D eigenvalue weighted by Gasteiger charge is -2.31. The average molecular weight is 610 g/mol. The molecule has 2 heterocycles. The lowest BCUT2D eigenvalue weighted by atomic mass is 9.73. The molecule has 2 aromatic carbocycles. The summed E-state index contributed by atoms with van der Waals surface area (Å²) in [6, 6.07) is 17.6. The maximum Gasteiger partial charge on any atom is 0.324 e. The number of nitriles is 1. The Balaban J connectivity index is 1.37. The number of halogens is 2. The highest BCUT2D eigenvalue weighted by atomic mass is 32.2. The molecule has 0 radical (unpaired) electrons. The Kier molecular flexibility index (Phi) is 7.69. The molecule has 0 amide bonds. The summed E-state index contributed by atoms with van der Waals surface area (Å²) in [7, 11) is -3.01. The minimum absolute atomic E-state index is 0.0458. The van der Waals surface area contributed by atoms with E-state index in [4.69, 9.17) is 0 Å². The Morgan fingerprint density at radius 3 is 2.36 bits per heavy atom. The zero-order valence-corrected chi connectivity index (χ0v) is 24.9. The first-order valence-electron chi connectivity index (χ1n) is 14.6. The average Bonchev–Trinajstić information content (AvgIpc) is 3.63. The Morgan fingerprint density at radius 2 is 1.71 bits per heavy atom. The molecule has 1 aliphatic heterocycles. The quantitative estimate of drug-likeness (QED) is 0.282. The van der Waals surface area contributed by atoms with Gasteiger partial charge >= 0.3 is 5.92 Å². The summed E-state index contributed by atoms with van der Waals surface area (Å²) >= 11 is 0.975. The molecular formula is C32H33F2N3O3S2. The number of Topliss-reactive ketones (excluding diaryl/α,β-unsaturated/α-hetero) is 1. The fraction of sp³-hybridized carbons (Fsp3) is 0.469. The molecule has 6 nitrogen and oxygen atoms in total. The molecule has 3 aliphatic rings. The van der Waals surface area contributed by atoms with Crippen LogP contribution in [0.5, 0.6) is 0 Å². The molecular weight excluding hydrogens is 577 g/mol. The molecule has 3 aromatic rings. The Bertz CT molecular complexity index is 1600. The van der Waals surface area contributed by atoms with Crippen LogP contribution in [0.4, 0.5) is 14.5 Å². The van der Waals surface area contributed by atoms with Crippen molar-refractivity contribution in [1.29, 1.82) is 5.26 Å². The van der Waals surface area contributed by atoms with Crippen LogP contribution in [0.2, 0.25) is 0 Å².